The SMILES string of the molecule is CC(C)c1nc(N2CCNCC23CCCCC3)cc(=O)[nH]1. The summed E-state index contributed by atoms with van der Waals surface area (Å²) in [5.41, 5.74) is 0.124. The lowest BCUT2D eigenvalue weighted by molar-refractivity contribution is 0.239. The largest absolute Gasteiger partial charge is 0.348 e. The van der Waals surface area contributed by atoms with Gasteiger partial charge in [-0.1, -0.05) is 33.1 Å². The van der Waals surface area contributed by atoms with Gasteiger partial charge in [0, 0.05) is 31.6 Å². The van der Waals surface area contributed by atoms with Crippen molar-refractivity contribution >= 4 is 5.82 Å². The molecule has 2 aliphatic rings. The summed E-state index contributed by atoms with van der Waals surface area (Å²) in [6, 6.07) is 1.67. The Morgan fingerprint density at radius 3 is 2.76 bits per heavy atom. The van der Waals surface area contributed by atoms with Gasteiger partial charge in [-0.25, -0.2) is 4.98 Å². The normalized spacial score (nSPS) is 22.0. The first-order valence-corrected chi connectivity index (χ1v) is 8.20. The molecule has 5 heteroatoms. The van der Waals surface area contributed by atoms with E-state index in [2.05, 4.69) is 29.0 Å². The van der Waals surface area contributed by atoms with Crippen molar-refractivity contribution in [3.8, 4) is 0 Å². The Labute approximate surface area is 126 Å². The fourth-order valence-electron chi connectivity index (χ4n) is 3.73. The van der Waals surface area contributed by atoms with Gasteiger partial charge < -0.3 is 15.2 Å². The summed E-state index contributed by atoms with van der Waals surface area (Å²) >= 11 is 0. The molecular weight excluding hydrogens is 264 g/mol. The number of H-pyrrole nitrogens is 1. The van der Waals surface area contributed by atoms with E-state index in [0.29, 0.717) is 0 Å². The molecule has 2 N–H and O–H groups in total. The number of piperazine rings is 1. The van der Waals surface area contributed by atoms with Crippen molar-refractivity contribution in [2.75, 3.05) is 24.5 Å². The molecule has 1 aliphatic heterocycles. The van der Waals surface area contributed by atoms with E-state index in [9.17, 15) is 4.79 Å². The van der Waals surface area contributed by atoms with Gasteiger partial charge in [0.05, 0.1) is 5.54 Å². The molecule has 0 atom stereocenters. The molecular formula is C16H26N4O. The number of nitrogens with one attached hydrogen (secondary N) is 2. The third-order valence-electron chi connectivity index (χ3n) is 4.89. The van der Waals surface area contributed by atoms with E-state index < -0.39 is 0 Å². The molecule has 21 heavy (non-hydrogen) atoms. The summed E-state index contributed by atoms with van der Waals surface area (Å²) in [6.45, 7) is 7.05. The molecule has 0 aromatic carbocycles. The number of hydrogen-bond acceptors (Lipinski definition) is 4. The number of hydrogen-bond donors (Lipinski definition) is 2. The van der Waals surface area contributed by atoms with Gasteiger partial charge in [-0.2, -0.15) is 0 Å². The van der Waals surface area contributed by atoms with Crippen LogP contribution in [0.3, 0.4) is 0 Å². The second kappa shape index (κ2) is 5.79. The van der Waals surface area contributed by atoms with Crippen LogP contribution in [0.1, 0.15) is 57.7 Å². The van der Waals surface area contributed by atoms with Crippen LogP contribution in [-0.4, -0.2) is 35.1 Å². The molecule has 3 rings (SSSR count). The molecule has 2 heterocycles. The van der Waals surface area contributed by atoms with Gasteiger partial charge in [-0.05, 0) is 12.8 Å². The zero-order valence-corrected chi connectivity index (χ0v) is 13.1. The Hall–Kier alpha value is -1.36. The van der Waals surface area contributed by atoms with E-state index in [4.69, 9.17) is 4.98 Å². The first kappa shape index (κ1) is 14.6. The van der Waals surface area contributed by atoms with Crippen molar-refractivity contribution in [3.05, 3.63) is 22.2 Å². The summed E-state index contributed by atoms with van der Waals surface area (Å²) in [7, 11) is 0. The van der Waals surface area contributed by atoms with Crippen molar-refractivity contribution in [2.45, 2.75) is 57.4 Å². The van der Waals surface area contributed by atoms with Gasteiger partial charge in [0.15, 0.2) is 0 Å². The fourth-order valence-corrected chi connectivity index (χ4v) is 3.73. The van der Waals surface area contributed by atoms with Crippen LogP contribution < -0.4 is 15.8 Å². The molecule has 1 aliphatic carbocycles. The molecule has 0 unspecified atom stereocenters. The monoisotopic (exact) mass is 290 g/mol. The highest BCUT2D eigenvalue weighted by Crippen LogP contribution is 2.36. The van der Waals surface area contributed by atoms with Crippen molar-refractivity contribution in [2.24, 2.45) is 0 Å². The molecule has 5 nitrogen and oxygen atoms in total. The van der Waals surface area contributed by atoms with Gasteiger partial charge >= 0.3 is 0 Å². The maximum absolute atomic E-state index is 12.0. The highest BCUT2D eigenvalue weighted by Gasteiger charge is 2.40. The topological polar surface area (TPSA) is 61.0 Å². The second-order valence-electron chi connectivity index (χ2n) is 6.76. The number of rotatable bonds is 2. The van der Waals surface area contributed by atoms with E-state index >= 15 is 0 Å². The molecule has 1 aromatic rings. The highest BCUT2D eigenvalue weighted by molar-refractivity contribution is 5.43. The third kappa shape index (κ3) is 2.84. The predicted octanol–water partition coefficient (Wildman–Crippen LogP) is 2.01. The second-order valence-corrected chi connectivity index (χ2v) is 6.76. The molecule has 116 valence electrons. The molecule has 0 amide bonds. The number of nitrogens with zero attached hydrogens (tertiary/aromatic N) is 2. The molecule has 0 bridgehead atoms. The number of anilines is 1. The van der Waals surface area contributed by atoms with Crippen LogP contribution in [0.15, 0.2) is 10.9 Å². The number of aromatic amines is 1. The van der Waals surface area contributed by atoms with Crippen molar-refractivity contribution < 1.29 is 0 Å². The summed E-state index contributed by atoms with van der Waals surface area (Å²) in [5.74, 6) is 1.90. The molecule has 2 fully saturated rings. The fraction of sp³-hybridized carbons (Fsp3) is 0.750. The molecule has 1 spiro atoms. The highest BCUT2D eigenvalue weighted by atomic mass is 16.1. The third-order valence-corrected chi connectivity index (χ3v) is 4.89. The lowest BCUT2D eigenvalue weighted by Crippen LogP contribution is -2.62. The Bertz CT molecular complexity index is 537. The smallest absolute Gasteiger partial charge is 0.252 e. The van der Waals surface area contributed by atoms with Crippen LogP contribution in [0.25, 0.3) is 0 Å². The van der Waals surface area contributed by atoms with Gasteiger partial charge in [0.25, 0.3) is 5.56 Å². The number of aromatic nitrogens is 2. The summed E-state index contributed by atoms with van der Waals surface area (Å²) in [5, 5.41) is 3.54. The molecule has 1 aromatic heterocycles. The maximum Gasteiger partial charge on any atom is 0.252 e. The standard InChI is InChI=1S/C16H26N4O/c1-12(2)15-18-13(10-14(21)19-15)20-9-8-17-11-16(20)6-4-3-5-7-16/h10,12,17H,3-9,11H2,1-2H3,(H,18,19,21). The zero-order chi connectivity index (χ0) is 14.9. The van der Waals surface area contributed by atoms with Crippen molar-refractivity contribution in [1.82, 2.24) is 15.3 Å². The van der Waals surface area contributed by atoms with E-state index in [1.54, 1.807) is 6.07 Å². The van der Waals surface area contributed by atoms with E-state index in [1.807, 2.05) is 0 Å². The Morgan fingerprint density at radius 2 is 2.05 bits per heavy atom. The summed E-state index contributed by atoms with van der Waals surface area (Å²) < 4.78 is 0. The van der Waals surface area contributed by atoms with Crippen LogP contribution in [-0.2, 0) is 0 Å². The summed E-state index contributed by atoms with van der Waals surface area (Å²) in [4.78, 5) is 22.0. The minimum Gasteiger partial charge on any atom is -0.348 e. The Kier molecular flexibility index (Phi) is 4.02. The lowest BCUT2D eigenvalue weighted by atomic mass is 9.79. The molecule has 0 radical (unpaired) electrons. The zero-order valence-electron chi connectivity index (χ0n) is 13.1. The van der Waals surface area contributed by atoms with E-state index in [1.165, 1.54) is 32.1 Å². The Balaban J connectivity index is 1.98. The minimum atomic E-state index is -0.0341. The van der Waals surface area contributed by atoms with Gasteiger partial charge in [-0.3, -0.25) is 4.79 Å². The van der Waals surface area contributed by atoms with Gasteiger partial charge in [0.2, 0.25) is 0 Å². The maximum atomic E-state index is 12.0. The minimum absolute atomic E-state index is 0.0341. The average molecular weight is 290 g/mol. The predicted molar refractivity (Wildman–Crippen MR) is 85.0 cm³/mol. The van der Waals surface area contributed by atoms with Gasteiger partial charge in [-0.15, -0.1) is 0 Å². The van der Waals surface area contributed by atoms with E-state index in [-0.39, 0.29) is 17.0 Å². The quantitative estimate of drug-likeness (QED) is 0.874. The van der Waals surface area contributed by atoms with Crippen LogP contribution in [0.2, 0.25) is 0 Å². The van der Waals surface area contributed by atoms with Crippen molar-refractivity contribution in [3.63, 3.8) is 0 Å². The Morgan fingerprint density at radius 1 is 1.29 bits per heavy atom. The van der Waals surface area contributed by atoms with Crippen LogP contribution in [0.5, 0.6) is 0 Å². The average Bonchev–Trinajstić information content (AvgIpc) is 2.48. The summed E-state index contributed by atoms with van der Waals surface area (Å²) in [6.07, 6.45) is 6.28. The molecule has 1 saturated heterocycles. The van der Waals surface area contributed by atoms with E-state index in [0.717, 1.165) is 31.3 Å². The lowest BCUT2D eigenvalue weighted by Gasteiger charge is -2.50. The molecule has 1 saturated carbocycles. The first-order chi connectivity index (χ1) is 10.1. The van der Waals surface area contributed by atoms with Crippen molar-refractivity contribution in [1.29, 1.82) is 0 Å². The van der Waals surface area contributed by atoms with Crippen LogP contribution in [0.4, 0.5) is 5.82 Å². The van der Waals surface area contributed by atoms with Crippen LogP contribution in [0, 0.1) is 0 Å². The van der Waals surface area contributed by atoms with Gasteiger partial charge in [0.1, 0.15) is 11.6 Å². The first-order valence-electron chi connectivity index (χ1n) is 8.20. The van der Waals surface area contributed by atoms with Crippen LogP contribution >= 0.6 is 0 Å².